The van der Waals surface area contributed by atoms with Crippen molar-refractivity contribution in [2.75, 3.05) is 6.61 Å². The Hall–Kier alpha value is 0.460. The predicted octanol–water partition coefficient (Wildman–Crippen LogP) is 0.0531. The van der Waals surface area contributed by atoms with Gasteiger partial charge in [0, 0.05) is 12.8 Å². The zero-order valence-corrected chi connectivity index (χ0v) is 23.4. The minimum atomic E-state index is -4.66. The number of Topliss-reactive ketones (excluding diaryl/α,β-unsaturated/α-hetero) is 1. The second-order valence-corrected chi connectivity index (χ2v) is 12.7. The van der Waals surface area contributed by atoms with E-state index in [1.54, 1.807) is 0 Å². The van der Waals surface area contributed by atoms with Crippen molar-refractivity contribution in [2.24, 2.45) is 46.3 Å². The summed E-state index contributed by atoms with van der Waals surface area (Å²) in [6.45, 7) is 6.52. The van der Waals surface area contributed by atoms with Crippen LogP contribution in [0.25, 0.3) is 0 Å². The van der Waals surface area contributed by atoms with Crippen LogP contribution in [-0.2, 0) is 19.4 Å². The van der Waals surface area contributed by atoms with E-state index in [2.05, 4.69) is 25.0 Å². The fraction of sp³-hybridized carbons (Fsp3) is 0.958. The van der Waals surface area contributed by atoms with Gasteiger partial charge in [0.2, 0.25) is 10.4 Å². The van der Waals surface area contributed by atoms with Crippen molar-refractivity contribution in [1.82, 2.24) is 0 Å². The summed E-state index contributed by atoms with van der Waals surface area (Å²) in [5, 5.41) is 22.8. The Labute approximate surface area is 220 Å². The van der Waals surface area contributed by atoms with Crippen molar-refractivity contribution in [3.8, 4) is 0 Å². The fourth-order valence-corrected chi connectivity index (χ4v) is 9.03. The first-order valence-electron chi connectivity index (χ1n) is 12.4. The van der Waals surface area contributed by atoms with Gasteiger partial charge in [-0.2, -0.15) is 0 Å². The number of rotatable bonds is 6. The molecule has 184 valence electrons. The summed E-state index contributed by atoms with van der Waals surface area (Å²) in [5.41, 5.74) is -0.286. The van der Waals surface area contributed by atoms with Gasteiger partial charge in [0.05, 0.1) is 18.8 Å². The van der Waals surface area contributed by atoms with Crippen molar-refractivity contribution in [2.45, 2.75) is 90.8 Å². The first kappa shape index (κ1) is 28.0. The molecule has 0 amide bonds. The molecule has 0 heterocycles. The standard InChI is InChI=1S/C24H40O7S.Na/c1-14(5-4-10-31-32(28,29)30)17-6-7-18-22-19(13-21(27)24(17,18)3)23(2)9-8-16(25)11-15(23)12-20(22)26;/h14-15,17-22,26-27H,4-13H2,1-3H3,(H,28,29,30);/q;+1/p-1/t14-,15+,17+,18-,19?,20+,21-,22-,23-,24+;/m0./s1. The molecule has 4 rings (SSSR count). The number of aliphatic hydroxyl groups excluding tert-OH is 2. The van der Waals surface area contributed by atoms with Crippen LogP contribution in [0.2, 0.25) is 0 Å². The average molecular weight is 495 g/mol. The zero-order valence-electron chi connectivity index (χ0n) is 20.5. The van der Waals surface area contributed by atoms with Gasteiger partial charge in [0.1, 0.15) is 5.78 Å². The molecule has 4 aliphatic carbocycles. The molecule has 0 aromatic carbocycles. The molecule has 33 heavy (non-hydrogen) atoms. The van der Waals surface area contributed by atoms with Crippen LogP contribution in [0, 0.1) is 46.3 Å². The Bertz CT molecular complexity index is 835. The topological polar surface area (TPSA) is 124 Å². The van der Waals surface area contributed by atoms with Gasteiger partial charge in [-0.15, -0.1) is 0 Å². The molecule has 9 heteroatoms. The molecule has 0 saturated heterocycles. The van der Waals surface area contributed by atoms with E-state index in [0.29, 0.717) is 37.9 Å². The Morgan fingerprint density at radius 3 is 2.55 bits per heavy atom. The largest absolute Gasteiger partial charge is 1.00 e. The van der Waals surface area contributed by atoms with Crippen LogP contribution in [-0.4, -0.2) is 47.8 Å². The van der Waals surface area contributed by atoms with E-state index >= 15 is 0 Å². The molecule has 10 atom stereocenters. The number of fused-ring (bicyclic) bond motifs is 5. The molecule has 4 aliphatic rings. The molecule has 0 bridgehead atoms. The number of ketones is 1. The molecule has 7 nitrogen and oxygen atoms in total. The first-order chi connectivity index (χ1) is 14.9. The molecule has 0 aliphatic heterocycles. The van der Waals surface area contributed by atoms with Crippen molar-refractivity contribution in [1.29, 1.82) is 0 Å². The maximum absolute atomic E-state index is 12.1. The van der Waals surface area contributed by atoms with Gasteiger partial charge < -0.3 is 14.8 Å². The van der Waals surface area contributed by atoms with E-state index in [-0.39, 0.29) is 82.5 Å². The van der Waals surface area contributed by atoms with Gasteiger partial charge >= 0.3 is 29.6 Å². The third-order valence-corrected chi connectivity index (χ3v) is 10.9. The number of carbonyl (C=O) groups excluding carboxylic acids is 1. The van der Waals surface area contributed by atoms with Crippen LogP contribution in [0.5, 0.6) is 0 Å². The maximum atomic E-state index is 12.1. The minimum absolute atomic E-state index is 0. The van der Waals surface area contributed by atoms with Crippen molar-refractivity contribution in [3.05, 3.63) is 0 Å². The van der Waals surface area contributed by atoms with Crippen LogP contribution in [0.1, 0.15) is 78.6 Å². The normalized spacial score (nSPS) is 46.0. The molecule has 4 saturated carbocycles. The van der Waals surface area contributed by atoms with E-state index in [9.17, 15) is 28.0 Å². The molecular weight excluding hydrogens is 455 g/mol. The van der Waals surface area contributed by atoms with Crippen molar-refractivity contribution >= 4 is 16.2 Å². The van der Waals surface area contributed by atoms with E-state index in [1.807, 2.05) is 0 Å². The van der Waals surface area contributed by atoms with Gasteiger partial charge in [0.25, 0.3) is 0 Å². The second kappa shape index (κ2) is 10.1. The minimum Gasteiger partial charge on any atom is -0.726 e. The summed E-state index contributed by atoms with van der Waals surface area (Å²) in [5.74, 6) is 1.69. The van der Waals surface area contributed by atoms with Crippen LogP contribution in [0.3, 0.4) is 0 Å². The summed E-state index contributed by atoms with van der Waals surface area (Å²) >= 11 is 0. The number of carbonyl (C=O) groups is 1. The van der Waals surface area contributed by atoms with Gasteiger partial charge in [-0.25, -0.2) is 8.42 Å². The molecule has 4 fully saturated rings. The average Bonchev–Trinajstić information content (AvgIpc) is 3.05. The molecular formula is C24H39NaO7S. The molecule has 0 radical (unpaired) electrons. The van der Waals surface area contributed by atoms with Gasteiger partial charge in [-0.3, -0.25) is 8.98 Å². The SMILES string of the molecule is C[C@@H](CCCOS(=O)(=O)[O-])[C@H]1CC[C@H]2[C@H]3C(C[C@H](O)[C@]12C)[C@@]1(C)CCC(=O)C[C@@H]1C[C@H]3O.[Na+]. The quantitative estimate of drug-likeness (QED) is 0.231. The zero-order chi connectivity index (χ0) is 23.5. The Morgan fingerprint density at radius 2 is 1.88 bits per heavy atom. The monoisotopic (exact) mass is 494 g/mol. The molecule has 0 spiro atoms. The van der Waals surface area contributed by atoms with Gasteiger partial charge in [-0.05, 0) is 91.3 Å². The van der Waals surface area contributed by atoms with Crippen LogP contribution in [0.4, 0.5) is 0 Å². The van der Waals surface area contributed by atoms with E-state index < -0.39 is 22.6 Å². The Kier molecular flexibility index (Phi) is 8.56. The number of hydrogen-bond donors (Lipinski definition) is 2. The predicted molar refractivity (Wildman–Crippen MR) is 117 cm³/mol. The van der Waals surface area contributed by atoms with Crippen LogP contribution >= 0.6 is 0 Å². The maximum Gasteiger partial charge on any atom is 1.00 e. The molecule has 0 aromatic heterocycles. The smallest absolute Gasteiger partial charge is 0.726 e. The molecule has 1 unspecified atom stereocenters. The molecule has 0 aromatic rings. The number of aliphatic hydroxyl groups is 2. The van der Waals surface area contributed by atoms with E-state index in [4.69, 9.17) is 0 Å². The summed E-state index contributed by atoms with van der Waals surface area (Å²) in [7, 11) is -4.66. The Morgan fingerprint density at radius 1 is 1.18 bits per heavy atom. The van der Waals surface area contributed by atoms with Crippen LogP contribution in [0.15, 0.2) is 0 Å². The fourth-order valence-electron chi connectivity index (χ4n) is 8.71. The third kappa shape index (κ3) is 5.02. The van der Waals surface area contributed by atoms with Crippen LogP contribution < -0.4 is 29.6 Å². The summed E-state index contributed by atoms with van der Waals surface area (Å²) < 4.78 is 36.4. The second-order valence-electron chi connectivity index (χ2n) is 11.7. The van der Waals surface area contributed by atoms with Crippen molar-refractivity contribution in [3.63, 3.8) is 0 Å². The van der Waals surface area contributed by atoms with E-state index in [0.717, 1.165) is 25.7 Å². The summed E-state index contributed by atoms with van der Waals surface area (Å²) in [6.07, 6.45) is 5.70. The summed E-state index contributed by atoms with van der Waals surface area (Å²) in [4.78, 5) is 12.1. The Balaban J connectivity index is 0.00000306. The van der Waals surface area contributed by atoms with Gasteiger partial charge in [-0.1, -0.05) is 20.8 Å². The third-order valence-electron chi connectivity index (χ3n) is 10.4. The van der Waals surface area contributed by atoms with Gasteiger partial charge in [0.15, 0.2) is 0 Å². The van der Waals surface area contributed by atoms with E-state index in [1.165, 1.54) is 0 Å². The summed E-state index contributed by atoms with van der Waals surface area (Å²) in [6, 6.07) is 0. The number of hydrogen-bond acceptors (Lipinski definition) is 7. The van der Waals surface area contributed by atoms with Crippen molar-refractivity contribution < 1.29 is 61.7 Å². The molecule has 2 N–H and O–H groups in total. The first-order valence-corrected chi connectivity index (χ1v) is 13.7.